The molecule has 0 fully saturated rings. The van der Waals surface area contributed by atoms with Gasteiger partial charge in [-0.25, -0.2) is 4.79 Å². The third-order valence-corrected chi connectivity index (χ3v) is 3.25. The van der Waals surface area contributed by atoms with E-state index in [1.54, 1.807) is 0 Å². The fourth-order valence-corrected chi connectivity index (χ4v) is 1.77. The Morgan fingerprint density at radius 2 is 1.76 bits per heavy atom. The molecule has 0 rings (SSSR count). The van der Waals surface area contributed by atoms with Crippen LogP contribution in [0.15, 0.2) is 0 Å². The predicted molar refractivity (Wildman–Crippen MR) is 77.4 cm³/mol. The molecule has 0 aromatic carbocycles. The molecule has 0 aromatic heterocycles. The minimum absolute atomic E-state index is 0.179. The highest BCUT2D eigenvalue weighted by Crippen LogP contribution is 2.06. The van der Waals surface area contributed by atoms with Gasteiger partial charge in [0.1, 0.15) is 12.1 Å². The van der Waals surface area contributed by atoms with Gasteiger partial charge in [0, 0.05) is 6.42 Å². The van der Waals surface area contributed by atoms with Gasteiger partial charge in [-0.3, -0.25) is 14.4 Å². The molecule has 0 aliphatic carbocycles. The number of thiol groups is 1. The zero-order valence-corrected chi connectivity index (χ0v) is 12.4. The van der Waals surface area contributed by atoms with E-state index < -0.39 is 46.9 Å². The molecule has 0 bridgehead atoms. The van der Waals surface area contributed by atoms with Crippen molar-refractivity contribution in [3.8, 4) is 0 Å². The predicted octanol–water partition coefficient (Wildman–Crippen LogP) is -2.64. The maximum atomic E-state index is 11.8. The first-order valence-electron chi connectivity index (χ1n) is 6.12. The van der Waals surface area contributed by atoms with Gasteiger partial charge >= 0.3 is 5.97 Å². The molecule has 0 aliphatic rings. The molecule has 8 N–H and O–H groups in total. The summed E-state index contributed by atoms with van der Waals surface area (Å²) in [4.78, 5) is 45.0. The number of carboxylic acid groups (broad SMARTS) is 1. The number of Topliss-reactive ketones (excluding diaryl/α,β-unsaturated/α-hetero) is 1. The molecule has 21 heavy (non-hydrogen) atoms. The number of ketones is 1. The SMILES string of the molecule is C[C@H](N)C(=O)C(S)[C@H](N)C(=O)N[C@@H](CCC(N)=O)C(=O)O. The van der Waals surface area contributed by atoms with E-state index in [2.05, 4.69) is 17.9 Å². The van der Waals surface area contributed by atoms with Gasteiger partial charge in [-0.05, 0) is 13.3 Å². The summed E-state index contributed by atoms with van der Waals surface area (Å²) in [6.07, 6.45) is -0.392. The topological polar surface area (TPSA) is 179 Å². The van der Waals surface area contributed by atoms with Gasteiger partial charge in [0.15, 0.2) is 5.78 Å². The average molecular weight is 320 g/mol. The highest BCUT2D eigenvalue weighted by atomic mass is 32.1. The monoisotopic (exact) mass is 320 g/mol. The van der Waals surface area contributed by atoms with Gasteiger partial charge in [0.2, 0.25) is 11.8 Å². The second-order valence-corrected chi connectivity index (χ2v) is 5.12. The number of primary amides is 1. The minimum atomic E-state index is -1.36. The Hall–Kier alpha value is -1.65. The number of carbonyl (C=O) groups is 4. The van der Waals surface area contributed by atoms with Gasteiger partial charge in [-0.2, -0.15) is 12.6 Å². The van der Waals surface area contributed by atoms with Gasteiger partial charge in [-0.15, -0.1) is 0 Å². The van der Waals surface area contributed by atoms with Crippen LogP contribution in [0, 0.1) is 0 Å². The molecule has 0 aromatic rings. The van der Waals surface area contributed by atoms with Crippen LogP contribution in [0.25, 0.3) is 0 Å². The summed E-state index contributed by atoms with van der Waals surface area (Å²) in [6, 6.07) is -3.54. The maximum absolute atomic E-state index is 11.8. The van der Waals surface area contributed by atoms with Gasteiger partial charge < -0.3 is 27.6 Å². The summed E-state index contributed by atoms with van der Waals surface area (Å²) in [5.74, 6) is -3.45. The Labute approximate surface area is 127 Å². The van der Waals surface area contributed by atoms with Crippen molar-refractivity contribution in [3.63, 3.8) is 0 Å². The number of nitrogens with two attached hydrogens (primary N) is 3. The number of hydrogen-bond acceptors (Lipinski definition) is 7. The van der Waals surface area contributed by atoms with Gasteiger partial charge in [0.05, 0.1) is 11.3 Å². The summed E-state index contributed by atoms with van der Waals surface area (Å²) in [6.45, 7) is 1.42. The quantitative estimate of drug-likeness (QED) is 0.251. The standard InChI is InChI=1S/C11H20N4O5S/c1-4(12)8(17)9(21)7(14)10(18)15-5(11(19)20)2-3-6(13)16/h4-5,7,9,21H,2-3,12,14H2,1H3,(H2,13,16)(H,15,18)(H,19,20)/t4-,5-,7-,9?/m0/s1. The van der Waals surface area contributed by atoms with Crippen molar-refractivity contribution >= 4 is 36.2 Å². The van der Waals surface area contributed by atoms with Crippen LogP contribution < -0.4 is 22.5 Å². The van der Waals surface area contributed by atoms with Crippen LogP contribution in [-0.4, -0.2) is 52.0 Å². The van der Waals surface area contributed by atoms with E-state index in [4.69, 9.17) is 22.3 Å². The lowest BCUT2D eigenvalue weighted by atomic mass is 10.0. The molecular formula is C11H20N4O5S. The highest BCUT2D eigenvalue weighted by Gasteiger charge is 2.31. The van der Waals surface area contributed by atoms with E-state index in [-0.39, 0.29) is 12.8 Å². The summed E-state index contributed by atoms with van der Waals surface area (Å²) < 4.78 is 0. The molecule has 0 aliphatic heterocycles. The summed E-state index contributed by atoms with van der Waals surface area (Å²) in [5.41, 5.74) is 15.8. The summed E-state index contributed by atoms with van der Waals surface area (Å²) in [7, 11) is 0. The molecule has 2 amide bonds. The number of nitrogens with one attached hydrogen (secondary N) is 1. The molecule has 10 heteroatoms. The van der Waals surface area contributed by atoms with Crippen molar-refractivity contribution in [3.05, 3.63) is 0 Å². The summed E-state index contributed by atoms with van der Waals surface area (Å²) in [5, 5.41) is 9.92. The average Bonchev–Trinajstić information content (AvgIpc) is 2.39. The Balaban J connectivity index is 4.71. The van der Waals surface area contributed by atoms with Crippen LogP contribution in [-0.2, 0) is 19.2 Å². The second-order valence-electron chi connectivity index (χ2n) is 4.57. The van der Waals surface area contributed by atoms with E-state index in [9.17, 15) is 19.2 Å². The Morgan fingerprint density at radius 3 is 2.14 bits per heavy atom. The Bertz CT molecular complexity index is 429. The largest absolute Gasteiger partial charge is 0.480 e. The van der Waals surface area contributed by atoms with Crippen LogP contribution in [0.5, 0.6) is 0 Å². The number of carboxylic acids is 1. The number of aliphatic carboxylic acids is 1. The fourth-order valence-electron chi connectivity index (χ4n) is 1.40. The maximum Gasteiger partial charge on any atom is 0.326 e. The normalized spacial score (nSPS) is 16.4. The molecule has 0 spiro atoms. The number of amides is 2. The number of carbonyl (C=O) groups excluding carboxylic acids is 3. The van der Waals surface area contributed by atoms with E-state index in [0.29, 0.717) is 0 Å². The zero-order chi connectivity index (χ0) is 16.7. The van der Waals surface area contributed by atoms with Crippen molar-refractivity contribution in [2.45, 2.75) is 43.1 Å². The Morgan fingerprint density at radius 1 is 1.24 bits per heavy atom. The second kappa shape index (κ2) is 8.60. The van der Waals surface area contributed by atoms with Crippen molar-refractivity contribution in [2.24, 2.45) is 17.2 Å². The lowest BCUT2D eigenvalue weighted by Gasteiger charge is -2.21. The van der Waals surface area contributed by atoms with E-state index >= 15 is 0 Å². The molecule has 4 atom stereocenters. The van der Waals surface area contributed by atoms with Crippen molar-refractivity contribution in [2.75, 3.05) is 0 Å². The lowest BCUT2D eigenvalue weighted by molar-refractivity contribution is -0.142. The molecule has 0 heterocycles. The minimum Gasteiger partial charge on any atom is -0.480 e. The first-order valence-corrected chi connectivity index (χ1v) is 6.64. The van der Waals surface area contributed by atoms with E-state index in [1.807, 2.05) is 0 Å². The highest BCUT2D eigenvalue weighted by molar-refractivity contribution is 7.82. The fraction of sp³-hybridized carbons (Fsp3) is 0.636. The number of rotatable bonds is 9. The zero-order valence-electron chi connectivity index (χ0n) is 11.5. The molecule has 0 saturated carbocycles. The van der Waals surface area contributed by atoms with Crippen molar-refractivity contribution in [1.82, 2.24) is 5.32 Å². The van der Waals surface area contributed by atoms with Gasteiger partial charge in [0.25, 0.3) is 0 Å². The van der Waals surface area contributed by atoms with Crippen molar-refractivity contribution < 1.29 is 24.3 Å². The van der Waals surface area contributed by atoms with Gasteiger partial charge in [-0.1, -0.05) is 0 Å². The lowest BCUT2D eigenvalue weighted by Crippen LogP contribution is -2.55. The molecular weight excluding hydrogens is 300 g/mol. The first kappa shape index (κ1) is 19.4. The third kappa shape index (κ3) is 6.56. The smallest absolute Gasteiger partial charge is 0.326 e. The van der Waals surface area contributed by atoms with Crippen LogP contribution >= 0.6 is 12.6 Å². The molecule has 0 saturated heterocycles. The molecule has 1 unspecified atom stereocenters. The summed E-state index contributed by atoms with van der Waals surface area (Å²) >= 11 is 3.92. The number of hydrogen-bond donors (Lipinski definition) is 6. The van der Waals surface area contributed by atoms with E-state index in [1.165, 1.54) is 6.92 Å². The molecule has 120 valence electrons. The van der Waals surface area contributed by atoms with Crippen LogP contribution in [0.4, 0.5) is 0 Å². The molecule has 0 radical (unpaired) electrons. The third-order valence-electron chi connectivity index (χ3n) is 2.68. The van der Waals surface area contributed by atoms with Crippen LogP contribution in [0.1, 0.15) is 19.8 Å². The Kier molecular flexibility index (Phi) is 7.92. The van der Waals surface area contributed by atoms with Crippen molar-refractivity contribution in [1.29, 1.82) is 0 Å². The molecule has 9 nitrogen and oxygen atoms in total. The van der Waals surface area contributed by atoms with Crippen LogP contribution in [0.3, 0.4) is 0 Å². The van der Waals surface area contributed by atoms with Crippen LogP contribution in [0.2, 0.25) is 0 Å². The first-order chi connectivity index (χ1) is 9.57. The van der Waals surface area contributed by atoms with E-state index in [0.717, 1.165) is 0 Å².